The number of carbonyl (C=O) groups excluding carboxylic acids is 1. The van der Waals surface area contributed by atoms with Gasteiger partial charge in [-0.15, -0.1) is 10.2 Å². The highest BCUT2D eigenvalue weighted by Gasteiger charge is 2.12. The SMILES string of the molecule is CCc1nnc2sc(-c3ccc(CNC(=O)c4ccco4)cc3)nn12. The van der Waals surface area contributed by atoms with E-state index >= 15 is 0 Å². The predicted molar refractivity (Wildman–Crippen MR) is 93.4 cm³/mol. The van der Waals surface area contributed by atoms with Crippen LogP contribution in [-0.2, 0) is 13.0 Å². The Bertz CT molecular complexity index is 1000. The molecule has 0 aliphatic rings. The van der Waals surface area contributed by atoms with Crippen molar-refractivity contribution in [3.8, 4) is 10.6 Å². The third kappa shape index (κ3) is 3.03. The third-order valence-electron chi connectivity index (χ3n) is 3.77. The Morgan fingerprint density at radius 3 is 2.80 bits per heavy atom. The Morgan fingerprint density at radius 1 is 1.24 bits per heavy atom. The van der Waals surface area contributed by atoms with Crippen molar-refractivity contribution in [1.82, 2.24) is 25.1 Å². The largest absolute Gasteiger partial charge is 0.459 e. The van der Waals surface area contributed by atoms with Gasteiger partial charge in [0.1, 0.15) is 5.01 Å². The van der Waals surface area contributed by atoms with E-state index in [2.05, 4.69) is 20.6 Å². The number of nitrogens with zero attached hydrogens (tertiary/aromatic N) is 4. The van der Waals surface area contributed by atoms with Gasteiger partial charge in [-0.1, -0.05) is 42.5 Å². The quantitative estimate of drug-likeness (QED) is 0.596. The van der Waals surface area contributed by atoms with Gasteiger partial charge in [-0.05, 0) is 17.7 Å². The molecule has 0 saturated heterocycles. The molecule has 4 aromatic rings. The first-order chi connectivity index (χ1) is 12.2. The Hall–Kier alpha value is -3.00. The fraction of sp³-hybridized carbons (Fsp3) is 0.176. The predicted octanol–water partition coefficient (Wildman–Crippen LogP) is 2.94. The molecule has 0 aliphatic heterocycles. The number of aromatic nitrogens is 4. The second-order valence-corrected chi connectivity index (χ2v) is 6.38. The monoisotopic (exact) mass is 353 g/mol. The number of nitrogens with one attached hydrogen (secondary N) is 1. The minimum Gasteiger partial charge on any atom is -0.459 e. The zero-order valence-corrected chi connectivity index (χ0v) is 14.3. The number of aryl methyl sites for hydroxylation is 1. The minimum atomic E-state index is -0.227. The van der Waals surface area contributed by atoms with E-state index in [0.29, 0.717) is 12.3 Å². The number of fused-ring (bicyclic) bond motifs is 1. The summed E-state index contributed by atoms with van der Waals surface area (Å²) in [7, 11) is 0. The van der Waals surface area contributed by atoms with E-state index in [1.54, 1.807) is 16.6 Å². The second kappa shape index (κ2) is 6.48. The molecule has 0 saturated carbocycles. The molecule has 4 rings (SSSR count). The molecule has 1 aromatic carbocycles. The van der Waals surface area contributed by atoms with Crippen molar-refractivity contribution < 1.29 is 9.21 Å². The van der Waals surface area contributed by atoms with Crippen molar-refractivity contribution in [3.05, 3.63) is 59.8 Å². The number of carbonyl (C=O) groups is 1. The van der Waals surface area contributed by atoms with Crippen LogP contribution in [-0.4, -0.2) is 25.7 Å². The zero-order chi connectivity index (χ0) is 17.2. The van der Waals surface area contributed by atoms with Crippen molar-refractivity contribution >= 4 is 22.2 Å². The number of amides is 1. The Morgan fingerprint density at radius 2 is 2.08 bits per heavy atom. The van der Waals surface area contributed by atoms with Gasteiger partial charge < -0.3 is 9.73 Å². The first-order valence-electron chi connectivity index (χ1n) is 7.86. The van der Waals surface area contributed by atoms with Gasteiger partial charge in [0.05, 0.1) is 6.26 Å². The fourth-order valence-corrected chi connectivity index (χ4v) is 3.30. The highest BCUT2D eigenvalue weighted by atomic mass is 32.1. The topological polar surface area (TPSA) is 85.3 Å². The lowest BCUT2D eigenvalue weighted by molar-refractivity contribution is 0.0923. The molecule has 0 radical (unpaired) electrons. The molecule has 1 N–H and O–H groups in total. The van der Waals surface area contributed by atoms with Crippen molar-refractivity contribution in [3.63, 3.8) is 0 Å². The van der Waals surface area contributed by atoms with E-state index in [1.807, 2.05) is 31.2 Å². The van der Waals surface area contributed by atoms with Crippen LogP contribution in [0.15, 0.2) is 47.1 Å². The highest BCUT2D eigenvalue weighted by molar-refractivity contribution is 7.19. The molecule has 0 unspecified atom stereocenters. The Labute approximate surface area is 147 Å². The van der Waals surface area contributed by atoms with E-state index in [4.69, 9.17) is 4.42 Å². The van der Waals surface area contributed by atoms with E-state index in [1.165, 1.54) is 17.6 Å². The summed E-state index contributed by atoms with van der Waals surface area (Å²) in [4.78, 5) is 12.7. The summed E-state index contributed by atoms with van der Waals surface area (Å²) in [6.45, 7) is 2.46. The second-order valence-electron chi connectivity index (χ2n) is 5.43. The third-order valence-corrected chi connectivity index (χ3v) is 4.72. The number of furan rings is 1. The van der Waals surface area contributed by atoms with Gasteiger partial charge in [0.15, 0.2) is 11.6 Å². The average molecular weight is 353 g/mol. The zero-order valence-electron chi connectivity index (χ0n) is 13.5. The molecule has 0 aliphatic carbocycles. The maximum absolute atomic E-state index is 11.9. The van der Waals surface area contributed by atoms with Crippen LogP contribution in [0, 0.1) is 0 Å². The summed E-state index contributed by atoms with van der Waals surface area (Å²) in [5.41, 5.74) is 2.01. The summed E-state index contributed by atoms with van der Waals surface area (Å²) in [5, 5.41) is 16.5. The Kier molecular flexibility index (Phi) is 4.02. The number of hydrogen-bond acceptors (Lipinski definition) is 6. The van der Waals surface area contributed by atoms with Gasteiger partial charge in [0, 0.05) is 18.5 Å². The molecule has 0 atom stereocenters. The standard InChI is InChI=1S/C17H15N5O2S/c1-2-14-19-20-17-22(14)21-16(25-17)12-7-5-11(6-8-12)10-18-15(23)13-4-3-9-24-13/h3-9H,2,10H2,1H3,(H,18,23). The molecule has 3 aromatic heterocycles. The molecule has 3 heterocycles. The van der Waals surface area contributed by atoms with Crippen LogP contribution < -0.4 is 5.32 Å². The molecule has 8 heteroatoms. The molecule has 1 amide bonds. The maximum Gasteiger partial charge on any atom is 0.287 e. The number of rotatable bonds is 5. The van der Waals surface area contributed by atoms with E-state index in [9.17, 15) is 4.79 Å². The van der Waals surface area contributed by atoms with Gasteiger partial charge in [0.2, 0.25) is 4.96 Å². The smallest absolute Gasteiger partial charge is 0.287 e. The number of benzene rings is 1. The van der Waals surface area contributed by atoms with Gasteiger partial charge in [-0.25, -0.2) is 0 Å². The van der Waals surface area contributed by atoms with Gasteiger partial charge in [-0.2, -0.15) is 9.61 Å². The molecule has 25 heavy (non-hydrogen) atoms. The van der Waals surface area contributed by atoms with Gasteiger partial charge in [0.25, 0.3) is 5.91 Å². The van der Waals surface area contributed by atoms with Crippen LogP contribution >= 0.6 is 11.3 Å². The highest BCUT2D eigenvalue weighted by Crippen LogP contribution is 2.25. The van der Waals surface area contributed by atoms with Crippen LogP contribution in [0.25, 0.3) is 15.5 Å². The maximum atomic E-state index is 11.9. The van der Waals surface area contributed by atoms with Crippen molar-refractivity contribution in [2.24, 2.45) is 0 Å². The van der Waals surface area contributed by atoms with E-state index in [0.717, 1.165) is 33.3 Å². The molecule has 0 bridgehead atoms. The summed E-state index contributed by atoms with van der Waals surface area (Å²) in [6.07, 6.45) is 2.27. The summed E-state index contributed by atoms with van der Waals surface area (Å²) in [6, 6.07) is 11.3. The van der Waals surface area contributed by atoms with Gasteiger partial charge in [-0.3, -0.25) is 4.79 Å². The Balaban J connectivity index is 1.47. The normalized spacial score (nSPS) is 11.1. The average Bonchev–Trinajstić information content (AvgIpc) is 3.36. The first-order valence-corrected chi connectivity index (χ1v) is 8.68. The summed E-state index contributed by atoms with van der Waals surface area (Å²) in [5.74, 6) is 0.938. The van der Waals surface area contributed by atoms with Crippen molar-refractivity contribution in [1.29, 1.82) is 0 Å². The summed E-state index contributed by atoms with van der Waals surface area (Å²) < 4.78 is 6.86. The van der Waals surface area contributed by atoms with Crippen molar-refractivity contribution in [2.75, 3.05) is 0 Å². The number of hydrogen-bond donors (Lipinski definition) is 1. The van der Waals surface area contributed by atoms with Gasteiger partial charge >= 0.3 is 0 Å². The van der Waals surface area contributed by atoms with Crippen LogP contribution in [0.5, 0.6) is 0 Å². The molecule has 126 valence electrons. The molecule has 7 nitrogen and oxygen atoms in total. The minimum absolute atomic E-state index is 0.227. The lowest BCUT2D eigenvalue weighted by Crippen LogP contribution is -2.22. The lowest BCUT2D eigenvalue weighted by Gasteiger charge is -2.04. The van der Waals surface area contributed by atoms with E-state index in [-0.39, 0.29) is 5.91 Å². The van der Waals surface area contributed by atoms with Crippen molar-refractivity contribution in [2.45, 2.75) is 19.9 Å². The lowest BCUT2D eigenvalue weighted by atomic mass is 10.1. The van der Waals surface area contributed by atoms with Crippen LogP contribution in [0.2, 0.25) is 0 Å². The van der Waals surface area contributed by atoms with Crippen LogP contribution in [0.3, 0.4) is 0 Å². The van der Waals surface area contributed by atoms with Crippen LogP contribution in [0.4, 0.5) is 0 Å². The molecule has 0 spiro atoms. The van der Waals surface area contributed by atoms with Crippen LogP contribution in [0.1, 0.15) is 28.9 Å². The fourth-order valence-electron chi connectivity index (χ4n) is 2.44. The molecular weight excluding hydrogens is 338 g/mol. The molecule has 0 fully saturated rings. The summed E-state index contributed by atoms with van der Waals surface area (Å²) >= 11 is 1.51. The first kappa shape index (κ1) is 15.5. The molecular formula is C17H15N5O2S. The van der Waals surface area contributed by atoms with E-state index < -0.39 is 0 Å².